The molecular formula is C18H29F3N4O3S. The quantitative estimate of drug-likeness (QED) is 0.515. The highest BCUT2D eigenvalue weighted by atomic mass is 32.2. The number of nitrogens with zero attached hydrogens (tertiary/aromatic N) is 3. The van der Waals surface area contributed by atoms with Gasteiger partial charge >= 0.3 is 12.1 Å². The Morgan fingerprint density at radius 2 is 1.76 bits per heavy atom. The Morgan fingerprint density at radius 3 is 2.17 bits per heavy atom. The SMILES string of the molecule is CC(C)(C)C1CCC(N(N)CC(=O)N2CSCC2C#N)CC1.O=C(O)C(F)(F)F. The first-order chi connectivity index (χ1) is 13.3. The molecule has 1 aliphatic carbocycles. The summed E-state index contributed by atoms with van der Waals surface area (Å²) in [4.78, 5) is 22.9. The second-order valence-corrected chi connectivity index (χ2v) is 9.35. The second kappa shape index (κ2) is 10.5. The van der Waals surface area contributed by atoms with Crippen LogP contribution in [0, 0.1) is 22.7 Å². The largest absolute Gasteiger partial charge is 0.490 e. The Kier molecular flexibility index (Phi) is 9.24. The number of hydrogen-bond donors (Lipinski definition) is 2. The van der Waals surface area contributed by atoms with Crippen LogP contribution in [0.15, 0.2) is 0 Å². The van der Waals surface area contributed by atoms with Crippen molar-refractivity contribution in [3.05, 3.63) is 0 Å². The average molecular weight is 439 g/mol. The van der Waals surface area contributed by atoms with Crippen LogP contribution in [0.3, 0.4) is 0 Å². The molecule has 1 aliphatic heterocycles. The van der Waals surface area contributed by atoms with Gasteiger partial charge < -0.3 is 10.0 Å². The van der Waals surface area contributed by atoms with Crippen molar-refractivity contribution >= 4 is 23.6 Å². The highest BCUT2D eigenvalue weighted by Crippen LogP contribution is 2.38. The predicted molar refractivity (Wildman–Crippen MR) is 103 cm³/mol. The highest BCUT2D eigenvalue weighted by Gasteiger charge is 2.38. The van der Waals surface area contributed by atoms with Crippen molar-refractivity contribution in [3.63, 3.8) is 0 Å². The Bertz CT molecular complexity index is 611. The summed E-state index contributed by atoms with van der Waals surface area (Å²) < 4.78 is 31.7. The molecule has 0 aromatic carbocycles. The summed E-state index contributed by atoms with van der Waals surface area (Å²) in [5, 5.41) is 17.9. The molecule has 1 amide bonds. The van der Waals surface area contributed by atoms with Crippen LogP contribution in [-0.4, -0.2) is 63.3 Å². The van der Waals surface area contributed by atoms with E-state index in [0.29, 0.717) is 23.1 Å². The number of aliphatic carboxylic acids is 1. The molecule has 0 bridgehead atoms. The number of nitriles is 1. The van der Waals surface area contributed by atoms with Crippen molar-refractivity contribution in [2.75, 3.05) is 18.2 Å². The van der Waals surface area contributed by atoms with E-state index in [4.69, 9.17) is 21.0 Å². The molecule has 1 heterocycles. The molecule has 2 fully saturated rings. The fourth-order valence-electron chi connectivity index (χ4n) is 3.44. The number of carbonyl (C=O) groups excluding carboxylic acids is 1. The Morgan fingerprint density at radius 1 is 1.24 bits per heavy atom. The third-order valence-corrected chi connectivity index (χ3v) is 6.31. The third kappa shape index (κ3) is 8.03. The highest BCUT2D eigenvalue weighted by molar-refractivity contribution is 7.99. The summed E-state index contributed by atoms with van der Waals surface area (Å²) in [6, 6.07) is 2.20. The number of hydrazine groups is 1. The van der Waals surface area contributed by atoms with Crippen LogP contribution in [0.25, 0.3) is 0 Å². The van der Waals surface area contributed by atoms with Crippen LogP contribution in [0.5, 0.6) is 0 Å². The molecule has 29 heavy (non-hydrogen) atoms. The smallest absolute Gasteiger partial charge is 0.475 e. The molecule has 7 nitrogen and oxygen atoms in total. The van der Waals surface area contributed by atoms with Crippen molar-refractivity contribution in [3.8, 4) is 6.07 Å². The molecule has 11 heteroatoms. The summed E-state index contributed by atoms with van der Waals surface area (Å²) in [7, 11) is 0. The first kappa shape index (κ1) is 25.5. The van der Waals surface area contributed by atoms with Crippen LogP contribution >= 0.6 is 11.8 Å². The van der Waals surface area contributed by atoms with Gasteiger partial charge in [-0.25, -0.2) is 9.80 Å². The number of thioether (sulfide) groups is 1. The minimum atomic E-state index is -5.08. The molecule has 1 atom stereocenters. The van der Waals surface area contributed by atoms with Crippen molar-refractivity contribution < 1.29 is 27.9 Å². The van der Waals surface area contributed by atoms with Gasteiger partial charge in [0.25, 0.3) is 0 Å². The molecule has 0 aromatic rings. The van der Waals surface area contributed by atoms with E-state index < -0.39 is 12.1 Å². The van der Waals surface area contributed by atoms with Gasteiger partial charge in [0.1, 0.15) is 6.04 Å². The molecule has 166 valence electrons. The number of rotatable bonds is 3. The maximum absolute atomic E-state index is 12.3. The van der Waals surface area contributed by atoms with Gasteiger partial charge in [0, 0.05) is 11.8 Å². The van der Waals surface area contributed by atoms with Gasteiger partial charge in [0.15, 0.2) is 0 Å². The van der Waals surface area contributed by atoms with Gasteiger partial charge in [0.05, 0.1) is 18.5 Å². The molecule has 1 saturated heterocycles. The van der Waals surface area contributed by atoms with Crippen molar-refractivity contribution in [2.45, 2.75) is 64.7 Å². The van der Waals surface area contributed by atoms with Crippen LogP contribution in [0.2, 0.25) is 0 Å². The summed E-state index contributed by atoms with van der Waals surface area (Å²) in [6.07, 6.45) is -0.614. The van der Waals surface area contributed by atoms with Crippen LogP contribution in [-0.2, 0) is 9.59 Å². The average Bonchev–Trinajstić information content (AvgIpc) is 3.09. The minimum absolute atomic E-state index is 0.0167. The van der Waals surface area contributed by atoms with Gasteiger partial charge in [0.2, 0.25) is 5.91 Å². The zero-order valence-corrected chi connectivity index (χ0v) is 17.7. The lowest BCUT2D eigenvalue weighted by molar-refractivity contribution is -0.192. The first-order valence-electron chi connectivity index (χ1n) is 9.35. The molecule has 0 spiro atoms. The van der Waals surface area contributed by atoms with E-state index in [1.165, 1.54) is 12.8 Å². The molecule has 3 N–H and O–H groups in total. The van der Waals surface area contributed by atoms with Crippen LogP contribution < -0.4 is 5.84 Å². The monoisotopic (exact) mass is 438 g/mol. The lowest BCUT2D eigenvalue weighted by atomic mass is 9.71. The zero-order valence-electron chi connectivity index (χ0n) is 16.9. The van der Waals surface area contributed by atoms with Crippen molar-refractivity contribution in [1.29, 1.82) is 5.26 Å². The standard InChI is InChI=1S/C16H28N4OS.C2HF3O2/c1-16(2,3)12-4-6-13(7-5-12)20(18)9-15(21)19-11-22-10-14(19)8-17;3-2(4,5)1(6)7/h12-14H,4-7,9-11,18H2,1-3H3;(H,6,7). The van der Waals surface area contributed by atoms with E-state index in [2.05, 4.69) is 26.8 Å². The molecule has 1 unspecified atom stereocenters. The van der Waals surface area contributed by atoms with Gasteiger partial charge in [-0.1, -0.05) is 20.8 Å². The Balaban J connectivity index is 0.000000516. The van der Waals surface area contributed by atoms with E-state index in [-0.39, 0.29) is 18.5 Å². The van der Waals surface area contributed by atoms with E-state index in [9.17, 15) is 18.0 Å². The number of carboxylic acid groups (broad SMARTS) is 1. The number of amides is 1. The Hall–Kier alpha value is -1.51. The zero-order chi connectivity index (χ0) is 22.4. The van der Waals surface area contributed by atoms with Crippen molar-refractivity contribution in [2.24, 2.45) is 17.2 Å². The lowest BCUT2D eigenvalue weighted by Crippen LogP contribution is -2.50. The predicted octanol–water partition coefficient (Wildman–Crippen LogP) is 2.83. The van der Waals surface area contributed by atoms with E-state index >= 15 is 0 Å². The summed E-state index contributed by atoms with van der Waals surface area (Å²) >= 11 is 1.63. The number of hydrogen-bond acceptors (Lipinski definition) is 6. The maximum Gasteiger partial charge on any atom is 0.490 e. The van der Waals surface area contributed by atoms with Gasteiger partial charge in [-0.2, -0.15) is 18.4 Å². The summed E-state index contributed by atoms with van der Waals surface area (Å²) in [6.45, 7) is 7.13. The first-order valence-corrected chi connectivity index (χ1v) is 10.5. The van der Waals surface area contributed by atoms with E-state index in [1.54, 1.807) is 21.7 Å². The van der Waals surface area contributed by atoms with Gasteiger partial charge in [-0.05, 0) is 37.0 Å². The Labute approximate surface area is 173 Å². The number of carbonyl (C=O) groups is 2. The molecule has 1 saturated carbocycles. The molecular weight excluding hydrogens is 409 g/mol. The maximum atomic E-state index is 12.3. The van der Waals surface area contributed by atoms with E-state index in [0.717, 1.165) is 18.8 Å². The second-order valence-electron chi connectivity index (χ2n) is 8.36. The number of nitrogens with two attached hydrogens (primary N) is 1. The van der Waals surface area contributed by atoms with Gasteiger partial charge in [-0.15, -0.1) is 11.8 Å². The molecule has 0 aromatic heterocycles. The fourth-order valence-corrected chi connectivity index (χ4v) is 4.55. The summed E-state index contributed by atoms with van der Waals surface area (Å²) in [5.41, 5.74) is 0.354. The number of carboxylic acids is 1. The van der Waals surface area contributed by atoms with Crippen LogP contribution in [0.4, 0.5) is 13.2 Å². The normalized spacial score (nSPS) is 25.2. The minimum Gasteiger partial charge on any atom is -0.475 e. The fraction of sp³-hybridized carbons (Fsp3) is 0.833. The molecule has 2 aliphatic rings. The van der Waals surface area contributed by atoms with Crippen LogP contribution in [0.1, 0.15) is 46.5 Å². The van der Waals surface area contributed by atoms with Gasteiger partial charge in [-0.3, -0.25) is 10.6 Å². The number of alkyl halides is 3. The number of halogens is 3. The third-order valence-electron chi connectivity index (χ3n) is 5.30. The summed E-state index contributed by atoms with van der Waals surface area (Å²) in [5.74, 6) is 5.45. The molecule has 2 rings (SSSR count). The van der Waals surface area contributed by atoms with Crippen molar-refractivity contribution in [1.82, 2.24) is 9.91 Å². The molecule has 0 radical (unpaired) electrons. The van der Waals surface area contributed by atoms with E-state index in [1.807, 2.05) is 0 Å². The lowest BCUT2D eigenvalue weighted by Gasteiger charge is -2.39. The topological polar surface area (TPSA) is 111 Å².